The van der Waals surface area contributed by atoms with Crippen LogP contribution in [-0.2, 0) is 23.5 Å². The number of amides is 2. The van der Waals surface area contributed by atoms with Crippen molar-refractivity contribution < 1.29 is 32.8 Å². The molecule has 2 aromatic rings. The van der Waals surface area contributed by atoms with Crippen molar-refractivity contribution in [2.45, 2.75) is 104 Å². The summed E-state index contributed by atoms with van der Waals surface area (Å²) in [7, 11) is -2.80. The van der Waals surface area contributed by atoms with Crippen LogP contribution < -0.4 is 10.4 Å². The average Bonchev–Trinajstić information content (AvgIpc) is 3.53. The summed E-state index contributed by atoms with van der Waals surface area (Å²) >= 11 is 0. The maximum absolute atomic E-state index is 13.6. The predicted molar refractivity (Wildman–Crippen MR) is 174 cm³/mol. The largest absolute Gasteiger partial charge is 0.525 e. The topological polar surface area (TPSA) is 82.1 Å². The third-order valence-electron chi connectivity index (χ3n) is 8.55. The number of hydrogen-bond donors (Lipinski definition) is 0. The van der Waals surface area contributed by atoms with Crippen LogP contribution in [0.25, 0.3) is 0 Å². The van der Waals surface area contributed by atoms with E-state index < -0.39 is 42.3 Å². The minimum absolute atomic E-state index is 0.0118. The van der Waals surface area contributed by atoms with Crippen LogP contribution in [0.15, 0.2) is 60.7 Å². The number of benzene rings is 2. The molecule has 2 aliphatic heterocycles. The molecule has 8 nitrogen and oxygen atoms in total. The summed E-state index contributed by atoms with van der Waals surface area (Å²) in [5, 5.41) is 2.19. The summed E-state index contributed by atoms with van der Waals surface area (Å²) in [4.78, 5) is 42.0. The molecule has 0 radical (unpaired) electrons. The molecule has 2 saturated heterocycles. The Morgan fingerprint density at radius 2 is 1.32 bits per heavy atom. The fourth-order valence-corrected chi connectivity index (χ4v) is 11.2. The van der Waals surface area contributed by atoms with Crippen molar-refractivity contribution in [3.8, 4) is 0 Å². The van der Waals surface area contributed by atoms with E-state index in [1.54, 1.807) is 20.8 Å². The van der Waals surface area contributed by atoms with Gasteiger partial charge in [0.25, 0.3) is 8.32 Å². The number of imide groups is 1. The van der Waals surface area contributed by atoms with Crippen molar-refractivity contribution in [3.05, 3.63) is 60.7 Å². The molecule has 44 heavy (non-hydrogen) atoms. The molecule has 0 aliphatic carbocycles. The molecule has 2 heterocycles. The first-order chi connectivity index (χ1) is 20.3. The maximum atomic E-state index is 13.6. The second kappa shape index (κ2) is 12.2. The molecule has 2 fully saturated rings. The molecule has 2 amide bonds. The molecule has 2 aromatic carbocycles. The van der Waals surface area contributed by atoms with Gasteiger partial charge in [-0.1, -0.05) is 81.4 Å². The van der Waals surface area contributed by atoms with Crippen LogP contribution in [0, 0.1) is 5.92 Å². The summed E-state index contributed by atoms with van der Waals surface area (Å²) in [6, 6.07) is 20.4. The van der Waals surface area contributed by atoms with E-state index in [0.29, 0.717) is 19.6 Å². The fraction of sp³-hybridized carbons (Fsp3) is 0.571. The Morgan fingerprint density at radius 3 is 1.75 bits per heavy atom. The number of quaternary nitrogens is 1. The van der Waals surface area contributed by atoms with Gasteiger partial charge in [-0.05, 0) is 69.3 Å². The lowest BCUT2D eigenvalue weighted by Gasteiger charge is -2.43. The highest BCUT2D eigenvalue weighted by Gasteiger charge is 2.72. The number of carbonyl (C=O) groups excluding carboxylic acids is 3. The molecule has 0 bridgehead atoms. The molecule has 4 atom stereocenters. The van der Waals surface area contributed by atoms with Crippen molar-refractivity contribution in [1.82, 2.24) is 4.90 Å². The molecular formula is C35H51N2O6Si+. The highest BCUT2D eigenvalue weighted by molar-refractivity contribution is 6.99. The molecule has 9 heteroatoms. The molecule has 0 aromatic heterocycles. The quantitative estimate of drug-likeness (QED) is 0.181. The first-order valence-electron chi connectivity index (χ1n) is 15.7. The Balaban J connectivity index is 1.67. The van der Waals surface area contributed by atoms with Crippen LogP contribution in [0.3, 0.4) is 0 Å². The van der Waals surface area contributed by atoms with E-state index in [9.17, 15) is 14.4 Å². The van der Waals surface area contributed by atoms with Gasteiger partial charge in [0.2, 0.25) is 6.17 Å². The molecule has 240 valence electrons. The monoisotopic (exact) mass is 623 g/mol. The van der Waals surface area contributed by atoms with E-state index in [4.69, 9.17) is 13.9 Å². The van der Waals surface area contributed by atoms with Crippen molar-refractivity contribution in [3.63, 3.8) is 0 Å². The third kappa shape index (κ3) is 6.86. The maximum Gasteiger partial charge on any atom is 0.525 e. The number of esters is 1. The first kappa shape index (κ1) is 34.0. The number of ether oxygens (including phenoxy) is 2. The average molecular weight is 624 g/mol. The molecule has 4 rings (SSSR count). The highest BCUT2D eigenvalue weighted by atomic mass is 28.4. The summed E-state index contributed by atoms with van der Waals surface area (Å²) in [6.07, 6.45) is -0.557. The van der Waals surface area contributed by atoms with Gasteiger partial charge in [0.1, 0.15) is 17.2 Å². The van der Waals surface area contributed by atoms with Crippen LogP contribution >= 0.6 is 0 Å². The zero-order valence-corrected chi connectivity index (χ0v) is 29.2. The minimum atomic E-state index is -2.80. The molecular weight excluding hydrogens is 572 g/mol. The van der Waals surface area contributed by atoms with Gasteiger partial charge in [-0.2, -0.15) is 4.79 Å². The summed E-state index contributed by atoms with van der Waals surface area (Å²) in [5.41, 5.74) is -1.42. The predicted octanol–water partition coefficient (Wildman–Crippen LogP) is 5.23. The second-order valence-electron chi connectivity index (χ2n) is 15.4. The van der Waals surface area contributed by atoms with E-state index in [1.807, 2.05) is 37.8 Å². The van der Waals surface area contributed by atoms with Gasteiger partial charge in [0, 0.05) is 13.2 Å². The van der Waals surface area contributed by atoms with Crippen molar-refractivity contribution >= 4 is 36.7 Å². The van der Waals surface area contributed by atoms with Crippen LogP contribution in [0.2, 0.25) is 5.04 Å². The lowest BCUT2D eigenvalue weighted by molar-refractivity contribution is -0.667. The summed E-state index contributed by atoms with van der Waals surface area (Å²) in [5.74, 6) is -0.648. The SMILES string of the molecule is CC(=O)[N@+]1(C(=O)OC(C)(C)C)C[C@@H]1N1C[C@H](CO[Si](c2ccccc2)(c2ccccc2)C(C)(C)C)C[C@@H]1C(=O)OC(C)(C)C. The van der Waals surface area contributed by atoms with E-state index >= 15 is 0 Å². The van der Waals surface area contributed by atoms with Crippen molar-refractivity contribution in [2.24, 2.45) is 5.92 Å². The van der Waals surface area contributed by atoms with E-state index in [0.717, 1.165) is 0 Å². The lowest BCUT2D eigenvalue weighted by Crippen LogP contribution is -2.67. The first-order valence-corrected chi connectivity index (χ1v) is 17.6. The van der Waals surface area contributed by atoms with Gasteiger partial charge in [0.15, 0.2) is 6.54 Å². The van der Waals surface area contributed by atoms with Gasteiger partial charge < -0.3 is 13.9 Å². The Bertz CT molecular complexity index is 1310. The molecule has 0 unspecified atom stereocenters. The Morgan fingerprint density at radius 1 is 0.818 bits per heavy atom. The van der Waals surface area contributed by atoms with Crippen LogP contribution in [0.5, 0.6) is 0 Å². The number of carbonyl (C=O) groups is 3. The Hall–Kier alpha value is -2.85. The van der Waals surface area contributed by atoms with E-state index in [2.05, 4.69) is 69.3 Å². The van der Waals surface area contributed by atoms with Crippen LogP contribution in [0.4, 0.5) is 4.79 Å². The smallest absolute Gasteiger partial charge is 0.459 e. The highest BCUT2D eigenvalue weighted by Crippen LogP contribution is 2.43. The second-order valence-corrected chi connectivity index (χ2v) is 19.7. The fourth-order valence-electron chi connectivity index (χ4n) is 6.58. The Kier molecular flexibility index (Phi) is 9.40. The van der Waals surface area contributed by atoms with Gasteiger partial charge in [-0.15, -0.1) is 4.48 Å². The Labute approximate surface area is 264 Å². The third-order valence-corrected chi connectivity index (χ3v) is 13.6. The van der Waals surface area contributed by atoms with Crippen LogP contribution in [0.1, 0.15) is 75.7 Å². The van der Waals surface area contributed by atoms with Crippen molar-refractivity contribution in [1.29, 1.82) is 0 Å². The van der Waals surface area contributed by atoms with Crippen LogP contribution in [-0.4, -0.2) is 78.8 Å². The minimum Gasteiger partial charge on any atom is -0.459 e. The number of nitrogens with zero attached hydrogens (tertiary/aromatic N) is 2. The van der Waals surface area contributed by atoms with Crippen molar-refractivity contribution in [2.75, 3.05) is 19.7 Å². The number of likely N-dealkylation sites (tertiary alicyclic amines) is 1. The van der Waals surface area contributed by atoms with E-state index in [1.165, 1.54) is 17.3 Å². The summed E-state index contributed by atoms with van der Waals surface area (Å²) < 4.78 is 18.4. The molecule has 0 saturated carbocycles. The molecule has 0 spiro atoms. The van der Waals surface area contributed by atoms with Gasteiger partial charge in [-0.25, -0.2) is 9.69 Å². The normalized spacial score (nSPS) is 24.5. The lowest BCUT2D eigenvalue weighted by atomic mass is 10.1. The van der Waals surface area contributed by atoms with Gasteiger partial charge in [-0.3, -0.25) is 4.79 Å². The van der Waals surface area contributed by atoms with Gasteiger partial charge >= 0.3 is 18.0 Å². The molecule has 2 aliphatic rings. The standard InChI is InChI=1S/C35H51N2O6Si/c1-25(38)37(32(40)43-34(5,6)7)23-30(37)36-22-26(21-29(36)31(39)42-33(2,3)4)24-41-44(35(8,9)10,27-17-13-11-14-18-27)28-19-15-12-16-20-28/h11-20,26,29-30H,21-24H2,1-10H3/q+1/t26-,29-,30-,37-/m1/s1. The van der Waals surface area contributed by atoms with Gasteiger partial charge in [0.05, 0.1) is 6.92 Å². The summed E-state index contributed by atoms with van der Waals surface area (Å²) in [6.45, 7) is 20.3. The zero-order chi connectivity index (χ0) is 32.7. The van der Waals surface area contributed by atoms with E-state index in [-0.39, 0.29) is 29.4 Å². The number of hydrogen-bond acceptors (Lipinski definition) is 7. The molecule has 0 N–H and O–H groups in total. The number of rotatable bonds is 7. The zero-order valence-electron chi connectivity index (χ0n) is 28.2.